The molecule has 2 aliphatic heterocycles. The zero-order valence-electron chi connectivity index (χ0n) is 17.4. The molecule has 1 N–H and O–H groups in total. The van der Waals surface area contributed by atoms with Crippen LogP contribution in [0.2, 0.25) is 0 Å². The molecule has 0 amide bonds. The van der Waals surface area contributed by atoms with E-state index in [1.165, 1.54) is 39.2 Å². The Bertz CT molecular complexity index is 765. The second-order valence-electron chi connectivity index (χ2n) is 8.76. The van der Waals surface area contributed by atoms with Crippen molar-refractivity contribution < 1.29 is 19.4 Å². The fourth-order valence-electron chi connectivity index (χ4n) is 5.21. The summed E-state index contributed by atoms with van der Waals surface area (Å²) < 4.78 is 10.6. The number of β-amino-alcohol motifs (C(OH)–C–C–N with tert-alkyl or cyclic N) is 1. The van der Waals surface area contributed by atoms with E-state index >= 15 is 0 Å². The number of methoxy groups -OCH3 is 1. The molecule has 1 aliphatic carbocycles. The van der Waals surface area contributed by atoms with Crippen molar-refractivity contribution in [2.24, 2.45) is 16.8 Å². The molecule has 5 atom stereocenters. The number of rotatable bonds is 5. The first-order valence-corrected chi connectivity index (χ1v) is 10.9. The van der Waals surface area contributed by atoms with Gasteiger partial charge in [-0.05, 0) is 43.7 Å². The average molecular weight is 401 g/mol. The summed E-state index contributed by atoms with van der Waals surface area (Å²) in [5.41, 5.74) is 1.04. The fraction of sp³-hybridized carbons (Fsp3) is 0.652. The van der Waals surface area contributed by atoms with Crippen LogP contribution in [0.15, 0.2) is 29.3 Å². The Morgan fingerprint density at radius 1 is 1.31 bits per heavy atom. The van der Waals surface area contributed by atoms with Crippen molar-refractivity contribution >= 4 is 11.9 Å². The maximum absolute atomic E-state index is 12.0. The van der Waals surface area contributed by atoms with E-state index in [4.69, 9.17) is 9.47 Å². The molecule has 1 saturated carbocycles. The molecule has 6 nitrogen and oxygen atoms in total. The van der Waals surface area contributed by atoms with Crippen molar-refractivity contribution in [3.63, 3.8) is 0 Å². The van der Waals surface area contributed by atoms with Gasteiger partial charge in [-0.3, -0.25) is 4.90 Å². The molecule has 29 heavy (non-hydrogen) atoms. The molecule has 0 radical (unpaired) electrons. The quantitative estimate of drug-likeness (QED) is 0.770. The highest BCUT2D eigenvalue weighted by Gasteiger charge is 2.37. The molecule has 1 aromatic carbocycles. The molecular formula is C23H32N2O4. The van der Waals surface area contributed by atoms with Gasteiger partial charge in [-0.1, -0.05) is 31.4 Å². The van der Waals surface area contributed by atoms with Gasteiger partial charge in [-0.2, -0.15) is 0 Å². The highest BCUT2D eigenvalue weighted by atomic mass is 16.5. The van der Waals surface area contributed by atoms with Crippen molar-refractivity contribution in [2.75, 3.05) is 26.8 Å². The summed E-state index contributed by atoms with van der Waals surface area (Å²) in [6, 6.07) is 7.31. The molecule has 4 rings (SSSR count). The number of ether oxygens (including phenoxy) is 2. The summed E-state index contributed by atoms with van der Waals surface area (Å²) in [6.07, 6.45) is 6.06. The van der Waals surface area contributed by atoms with Gasteiger partial charge in [0.2, 0.25) is 5.90 Å². The summed E-state index contributed by atoms with van der Waals surface area (Å²) in [7, 11) is 1.36. The lowest BCUT2D eigenvalue weighted by Gasteiger charge is -2.45. The lowest BCUT2D eigenvalue weighted by Crippen LogP contribution is -2.51. The predicted octanol–water partition coefficient (Wildman–Crippen LogP) is 2.88. The zero-order chi connectivity index (χ0) is 20.4. The Balaban J connectivity index is 1.42. The van der Waals surface area contributed by atoms with Crippen LogP contribution in [-0.4, -0.2) is 66.9 Å². The van der Waals surface area contributed by atoms with E-state index in [9.17, 15) is 9.90 Å². The van der Waals surface area contributed by atoms with Gasteiger partial charge in [0.1, 0.15) is 12.6 Å². The largest absolute Gasteiger partial charge is 0.475 e. The summed E-state index contributed by atoms with van der Waals surface area (Å²) >= 11 is 0. The average Bonchev–Trinajstić information content (AvgIpc) is 3.24. The first kappa shape index (κ1) is 20.4. The number of carbonyl (C=O) groups is 1. The molecule has 0 aromatic heterocycles. The fourth-order valence-corrected chi connectivity index (χ4v) is 5.21. The molecule has 0 spiro atoms. The van der Waals surface area contributed by atoms with Crippen molar-refractivity contribution in [1.29, 1.82) is 0 Å². The molecule has 0 bridgehead atoms. The molecule has 1 saturated heterocycles. The minimum Gasteiger partial charge on any atom is -0.475 e. The second-order valence-corrected chi connectivity index (χ2v) is 8.76. The third-order valence-corrected chi connectivity index (χ3v) is 6.91. The number of carbonyl (C=O) groups excluding carboxylic acids is 1. The Kier molecular flexibility index (Phi) is 6.20. The first-order valence-electron chi connectivity index (χ1n) is 10.9. The number of piperidine rings is 1. The first-order chi connectivity index (χ1) is 14.1. The topological polar surface area (TPSA) is 71.4 Å². The number of aliphatic imine (C=N–C) groups is 1. The Labute approximate surface area is 172 Å². The lowest BCUT2D eigenvalue weighted by atomic mass is 9.73. The van der Waals surface area contributed by atoms with Crippen molar-refractivity contribution in [2.45, 2.75) is 57.2 Å². The van der Waals surface area contributed by atoms with Crippen molar-refractivity contribution in [1.82, 2.24) is 4.90 Å². The third kappa shape index (κ3) is 4.33. The van der Waals surface area contributed by atoms with E-state index in [0.717, 1.165) is 18.4 Å². The van der Waals surface area contributed by atoms with Crippen LogP contribution >= 0.6 is 0 Å². The highest BCUT2D eigenvalue weighted by Crippen LogP contribution is 2.38. The van der Waals surface area contributed by atoms with Gasteiger partial charge in [0.15, 0.2) is 0 Å². The van der Waals surface area contributed by atoms with E-state index < -0.39 is 12.1 Å². The minimum atomic E-state index is -0.583. The van der Waals surface area contributed by atoms with Crippen LogP contribution in [0.4, 0.5) is 0 Å². The zero-order valence-corrected chi connectivity index (χ0v) is 17.4. The van der Waals surface area contributed by atoms with Gasteiger partial charge in [0.25, 0.3) is 0 Å². The Hall–Kier alpha value is -1.92. The van der Waals surface area contributed by atoms with Crippen LogP contribution in [0.1, 0.15) is 54.9 Å². The number of fused-ring (bicyclic) bond motifs is 1. The number of nitrogens with zero attached hydrogens (tertiary/aromatic N) is 2. The van der Waals surface area contributed by atoms with Gasteiger partial charge >= 0.3 is 5.97 Å². The normalized spacial score (nSPS) is 30.8. The second kappa shape index (κ2) is 8.84. The number of aliphatic hydroxyl groups is 1. The lowest BCUT2D eigenvalue weighted by molar-refractivity contribution is 0.00537. The van der Waals surface area contributed by atoms with Crippen LogP contribution in [0.5, 0.6) is 0 Å². The number of hydrogen-bond donors (Lipinski definition) is 1. The Morgan fingerprint density at radius 3 is 2.86 bits per heavy atom. The van der Waals surface area contributed by atoms with E-state index in [1.807, 2.05) is 6.07 Å². The van der Waals surface area contributed by atoms with Gasteiger partial charge in [0.05, 0.1) is 24.3 Å². The molecule has 6 heteroatoms. The SMILES string of the molecule is COC(=O)c1ccccc1C1=NC(C(O)CN2CC3CCCCC3CC2C)CO1. The number of likely N-dealkylation sites (tertiary alicyclic amines) is 1. The summed E-state index contributed by atoms with van der Waals surface area (Å²) in [5, 5.41) is 10.9. The monoisotopic (exact) mass is 400 g/mol. The van der Waals surface area contributed by atoms with Crippen LogP contribution in [0, 0.1) is 11.8 Å². The van der Waals surface area contributed by atoms with Gasteiger partial charge < -0.3 is 14.6 Å². The Morgan fingerprint density at radius 2 is 2.07 bits per heavy atom. The molecular weight excluding hydrogens is 368 g/mol. The molecule has 158 valence electrons. The highest BCUT2D eigenvalue weighted by molar-refractivity contribution is 6.05. The maximum Gasteiger partial charge on any atom is 0.338 e. The molecule has 1 aromatic rings. The predicted molar refractivity (Wildman–Crippen MR) is 111 cm³/mol. The smallest absolute Gasteiger partial charge is 0.338 e. The van der Waals surface area contributed by atoms with E-state index in [1.54, 1.807) is 18.2 Å². The van der Waals surface area contributed by atoms with Crippen LogP contribution in [-0.2, 0) is 9.47 Å². The van der Waals surface area contributed by atoms with Gasteiger partial charge in [0, 0.05) is 19.1 Å². The van der Waals surface area contributed by atoms with Crippen LogP contribution in [0.3, 0.4) is 0 Å². The molecule has 5 unspecified atom stereocenters. The van der Waals surface area contributed by atoms with Gasteiger partial charge in [-0.15, -0.1) is 0 Å². The van der Waals surface area contributed by atoms with E-state index in [0.29, 0.717) is 36.2 Å². The summed E-state index contributed by atoms with van der Waals surface area (Å²) in [6.45, 7) is 4.32. The van der Waals surface area contributed by atoms with Gasteiger partial charge in [-0.25, -0.2) is 9.79 Å². The minimum absolute atomic E-state index is 0.313. The molecule has 2 heterocycles. The standard InChI is InChI=1S/C23H32N2O4/c1-15-11-16-7-3-4-8-17(16)12-25(15)13-21(26)20-14-29-22(24-20)18-9-5-6-10-19(18)23(27)28-2/h5-6,9-10,15-17,20-21,26H,3-4,7-8,11-14H2,1-2H3. The van der Waals surface area contributed by atoms with Crippen molar-refractivity contribution in [3.05, 3.63) is 35.4 Å². The van der Waals surface area contributed by atoms with Crippen LogP contribution in [0.25, 0.3) is 0 Å². The number of hydrogen-bond acceptors (Lipinski definition) is 6. The van der Waals surface area contributed by atoms with E-state index in [-0.39, 0.29) is 6.04 Å². The number of aliphatic hydroxyl groups excluding tert-OH is 1. The summed E-state index contributed by atoms with van der Waals surface area (Å²) in [4.78, 5) is 19.1. The molecule has 2 fully saturated rings. The number of benzene rings is 1. The summed E-state index contributed by atoms with van der Waals surface area (Å²) in [5.74, 6) is 1.63. The van der Waals surface area contributed by atoms with Crippen molar-refractivity contribution in [3.8, 4) is 0 Å². The maximum atomic E-state index is 12.0. The third-order valence-electron chi connectivity index (χ3n) is 6.91. The van der Waals surface area contributed by atoms with Crippen LogP contribution < -0.4 is 0 Å². The molecule has 3 aliphatic rings. The number of esters is 1. The van der Waals surface area contributed by atoms with E-state index in [2.05, 4.69) is 16.8 Å².